The normalized spacial score (nSPS) is 14.3. The summed E-state index contributed by atoms with van der Waals surface area (Å²) in [4.78, 5) is 13.4. The van der Waals surface area contributed by atoms with E-state index < -0.39 is 10.0 Å². The van der Waals surface area contributed by atoms with E-state index in [1.807, 2.05) is 6.07 Å². The molecule has 0 bridgehead atoms. The van der Waals surface area contributed by atoms with Crippen LogP contribution in [0.4, 0.5) is 11.4 Å². The highest BCUT2D eigenvalue weighted by atomic mass is 32.2. The molecule has 3 rings (SSSR count). The first-order valence-corrected chi connectivity index (χ1v) is 8.85. The highest BCUT2D eigenvalue weighted by molar-refractivity contribution is 7.94. The molecule has 0 amide bonds. The van der Waals surface area contributed by atoms with Crippen LogP contribution in [0.25, 0.3) is 0 Å². The second-order valence-corrected chi connectivity index (χ2v) is 7.80. The standard InChI is InChI=1S/C13H15N3O3S2/c1-8-12(20-13(17)15-8)21(18,19)16-10-5-4-9-3-2-6-14-11(9)7-10/h4-5,7,14,16H,2-3,6H2,1H3,(H,15,17). The van der Waals surface area contributed by atoms with Gasteiger partial charge in [0.25, 0.3) is 10.0 Å². The van der Waals surface area contributed by atoms with Gasteiger partial charge in [-0.15, -0.1) is 0 Å². The van der Waals surface area contributed by atoms with Crippen molar-refractivity contribution in [2.75, 3.05) is 16.6 Å². The third-order valence-electron chi connectivity index (χ3n) is 3.33. The lowest BCUT2D eigenvalue weighted by Gasteiger charge is -2.19. The maximum atomic E-state index is 12.3. The lowest BCUT2D eigenvalue weighted by Crippen LogP contribution is -2.15. The van der Waals surface area contributed by atoms with Crippen molar-refractivity contribution in [1.82, 2.24) is 4.98 Å². The third kappa shape index (κ3) is 2.81. The van der Waals surface area contributed by atoms with Gasteiger partial charge in [0.1, 0.15) is 0 Å². The van der Waals surface area contributed by atoms with Gasteiger partial charge in [-0.2, -0.15) is 0 Å². The molecule has 2 heterocycles. The van der Waals surface area contributed by atoms with Crippen LogP contribution in [0.5, 0.6) is 0 Å². The van der Waals surface area contributed by atoms with Gasteiger partial charge in [-0.1, -0.05) is 17.4 Å². The van der Waals surface area contributed by atoms with Crippen LogP contribution < -0.4 is 14.9 Å². The molecule has 112 valence electrons. The summed E-state index contributed by atoms with van der Waals surface area (Å²) in [5.74, 6) is 0. The monoisotopic (exact) mass is 325 g/mol. The lowest BCUT2D eigenvalue weighted by atomic mass is 10.0. The van der Waals surface area contributed by atoms with Crippen molar-refractivity contribution in [3.8, 4) is 0 Å². The Bertz CT molecular complexity index is 837. The Kier molecular flexibility index (Phi) is 3.50. The minimum atomic E-state index is -3.74. The van der Waals surface area contributed by atoms with Crippen LogP contribution in [0.15, 0.2) is 27.2 Å². The molecular weight excluding hydrogens is 310 g/mol. The van der Waals surface area contributed by atoms with Gasteiger partial charge < -0.3 is 10.3 Å². The number of aromatic nitrogens is 1. The Morgan fingerprint density at radius 1 is 1.33 bits per heavy atom. The van der Waals surface area contributed by atoms with Gasteiger partial charge in [0.2, 0.25) is 0 Å². The highest BCUT2D eigenvalue weighted by Gasteiger charge is 2.21. The summed E-state index contributed by atoms with van der Waals surface area (Å²) >= 11 is 0.692. The molecule has 6 nitrogen and oxygen atoms in total. The quantitative estimate of drug-likeness (QED) is 0.804. The first-order valence-electron chi connectivity index (χ1n) is 6.55. The smallest absolute Gasteiger partial charge is 0.306 e. The molecule has 0 spiro atoms. The molecule has 1 aliphatic rings. The van der Waals surface area contributed by atoms with Crippen LogP contribution in [-0.4, -0.2) is 19.9 Å². The number of fused-ring (bicyclic) bond motifs is 1. The highest BCUT2D eigenvalue weighted by Crippen LogP contribution is 2.27. The molecule has 21 heavy (non-hydrogen) atoms. The van der Waals surface area contributed by atoms with Crippen molar-refractivity contribution in [2.24, 2.45) is 0 Å². The predicted octanol–water partition coefficient (Wildman–Crippen LogP) is 1.90. The number of aryl methyl sites for hydroxylation is 2. The van der Waals surface area contributed by atoms with E-state index in [2.05, 4.69) is 15.0 Å². The zero-order valence-electron chi connectivity index (χ0n) is 11.4. The summed E-state index contributed by atoms with van der Waals surface area (Å²) in [6, 6.07) is 5.46. The van der Waals surface area contributed by atoms with Crippen molar-refractivity contribution >= 4 is 32.7 Å². The maximum absolute atomic E-state index is 12.3. The van der Waals surface area contributed by atoms with Gasteiger partial charge in [-0.25, -0.2) is 8.42 Å². The van der Waals surface area contributed by atoms with Gasteiger partial charge in [0.15, 0.2) is 4.21 Å². The molecule has 2 aromatic rings. The van der Waals surface area contributed by atoms with Gasteiger partial charge >= 0.3 is 4.87 Å². The van der Waals surface area contributed by atoms with Crippen LogP contribution >= 0.6 is 11.3 Å². The zero-order valence-corrected chi connectivity index (χ0v) is 13.0. The molecule has 0 fully saturated rings. The second-order valence-electron chi connectivity index (χ2n) is 4.93. The van der Waals surface area contributed by atoms with Gasteiger partial charge in [0.05, 0.1) is 5.69 Å². The number of aromatic amines is 1. The fourth-order valence-electron chi connectivity index (χ4n) is 2.37. The van der Waals surface area contributed by atoms with E-state index in [0.717, 1.165) is 25.1 Å². The fourth-order valence-corrected chi connectivity index (χ4v) is 4.72. The van der Waals surface area contributed by atoms with E-state index in [1.165, 1.54) is 5.56 Å². The number of sulfonamides is 1. The number of anilines is 2. The topological polar surface area (TPSA) is 91.1 Å². The molecule has 0 unspecified atom stereocenters. The third-order valence-corrected chi connectivity index (χ3v) is 6.31. The molecule has 8 heteroatoms. The molecule has 0 saturated heterocycles. The van der Waals surface area contributed by atoms with Crippen LogP contribution in [0.2, 0.25) is 0 Å². The van der Waals surface area contributed by atoms with Crippen LogP contribution in [0.3, 0.4) is 0 Å². The van der Waals surface area contributed by atoms with Crippen LogP contribution in [0, 0.1) is 6.92 Å². The van der Waals surface area contributed by atoms with Gasteiger partial charge in [0, 0.05) is 17.9 Å². The van der Waals surface area contributed by atoms with Gasteiger partial charge in [-0.05, 0) is 37.5 Å². The largest absolute Gasteiger partial charge is 0.385 e. The maximum Gasteiger partial charge on any atom is 0.306 e. The fraction of sp³-hybridized carbons (Fsp3) is 0.308. The van der Waals surface area contributed by atoms with Crippen molar-refractivity contribution in [3.63, 3.8) is 0 Å². The average molecular weight is 325 g/mol. The van der Waals surface area contributed by atoms with Gasteiger partial charge in [-0.3, -0.25) is 9.52 Å². The Morgan fingerprint density at radius 3 is 2.86 bits per heavy atom. The number of benzene rings is 1. The second kappa shape index (κ2) is 5.19. The Hall–Kier alpha value is -1.80. The van der Waals surface area contributed by atoms with E-state index in [1.54, 1.807) is 19.1 Å². The summed E-state index contributed by atoms with van der Waals surface area (Å²) < 4.78 is 27.2. The summed E-state index contributed by atoms with van der Waals surface area (Å²) in [7, 11) is -3.74. The van der Waals surface area contributed by atoms with E-state index in [-0.39, 0.29) is 9.08 Å². The number of hydrogen-bond donors (Lipinski definition) is 3. The van der Waals surface area contributed by atoms with Crippen molar-refractivity contribution < 1.29 is 8.42 Å². The Morgan fingerprint density at radius 2 is 2.14 bits per heavy atom. The van der Waals surface area contributed by atoms with E-state index in [0.29, 0.717) is 22.7 Å². The van der Waals surface area contributed by atoms with Crippen LogP contribution in [0.1, 0.15) is 17.7 Å². The van der Waals surface area contributed by atoms with E-state index in [4.69, 9.17) is 0 Å². The minimum absolute atomic E-state index is 0.0261. The number of rotatable bonds is 3. The summed E-state index contributed by atoms with van der Waals surface area (Å²) in [5.41, 5.74) is 2.99. The molecule has 0 radical (unpaired) electrons. The van der Waals surface area contributed by atoms with E-state index in [9.17, 15) is 13.2 Å². The molecular formula is C13H15N3O3S2. The Balaban J connectivity index is 1.92. The zero-order chi connectivity index (χ0) is 15.0. The average Bonchev–Trinajstić information content (AvgIpc) is 2.78. The number of thiazole rings is 1. The molecule has 0 saturated carbocycles. The molecule has 1 aromatic heterocycles. The molecule has 1 aromatic carbocycles. The number of hydrogen-bond acceptors (Lipinski definition) is 5. The minimum Gasteiger partial charge on any atom is -0.385 e. The summed E-state index contributed by atoms with van der Waals surface area (Å²) in [6.07, 6.45) is 2.07. The Labute approximate surface area is 126 Å². The van der Waals surface area contributed by atoms with Crippen molar-refractivity contribution in [3.05, 3.63) is 39.1 Å². The van der Waals surface area contributed by atoms with Crippen molar-refractivity contribution in [1.29, 1.82) is 0 Å². The molecule has 0 atom stereocenters. The molecule has 1 aliphatic heterocycles. The van der Waals surface area contributed by atoms with Crippen LogP contribution in [-0.2, 0) is 16.4 Å². The first-order chi connectivity index (χ1) is 9.95. The predicted molar refractivity (Wildman–Crippen MR) is 83.7 cm³/mol. The molecule has 0 aliphatic carbocycles. The summed E-state index contributed by atoms with van der Waals surface area (Å²) in [6.45, 7) is 2.46. The number of nitrogens with one attached hydrogen (secondary N) is 3. The first kappa shape index (κ1) is 14.2. The molecule has 3 N–H and O–H groups in total. The summed E-state index contributed by atoms with van der Waals surface area (Å²) in [5, 5.41) is 3.26. The lowest BCUT2D eigenvalue weighted by molar-refractivity contribution is 0.602. The van der Waals surface area contributed by atoms with Crippen molar-refractivity contribution in [2.45, 2.75) is 24.0 Å². The number of H-pyrrole nitrogens is 1. The SMILES string of the molecule is Cc1[nH]c(=O)sc1S(=O)(=O)Nc1ccc2c(c1)NCCC2. The van der Waals surface area contributed by atoms with E-state index >= 15 is 0 Å².